The lowest BCUT2D eigenvalue weighted by atomic mass is 10.1. The second-order valence-corrected chi connectivity index (χ2v) is 8.59. The number of rotatable bonds is 5. The number of benzene rings is 1. The van der Waals surface area contributed by atoms with E-state index in [1.54, 1.807) is 40.0 Å². The molecule has 0 atom stereocenters. The first kappa shape index (κ1) is 24.2. The van der Waals surface area contributed by atoms with E-state index in [1.165, 1.54) is 6.20 Å². The van der Waals surface area contributed by atoms with Crippen LogP contribution in [-0.2, 0) is 20.4 Å². The zero-order valence-electron chi connectivity index (χ0n) is 19.4. The Morgan fingerprint density at radius 3 is 2.50 bits per heavy atom. The van der Waals surface area contributed by atoms with Crippen LogP contribution in [0, 0.1) is 0 Å². The maximum Gasteiger partial charge on any atom is 0.419 e. The average molecular weight is 502 g/mol. The minimum atomic E-state index is -4.63. The molecular formula is C24H25F3N6O3. The zero-order valence-corrected chi connectivity index (χ0v) is 19.4. The van der Waals surface area contributed by atoms with Crippen LogP contribution in [0.2, 0.25) is 0 Å². The number of nitrogens with zero attached hydrogens (tertiary/aromatic N) is 5. The van der Waals surface area contributed by atoms with E-state index in [0.29, 0.717) is 50.8 Å². The summed E-state index contributed by atoms with van der Waals surface area (Å²) in [6.07, 6.45) is 0.945. The van der Waals surface area contributed by atoms with Gasteiger partial charge in [0.1, 0.15) is 5.56 Å². The molecule has 2 aromatic heterocycles. The summed E-state index contributed by atoms with van der Waals surface area (Å²) in [6, 6.07) is 7.03. The smallest absolute Gasteiger partial charge is 0.381 e. The number of nitrogens with one attached hydrogen (secondary N) is 1. The van der Waals surface area contributed by atoms with Gasteiger partial charge in [-0.1, -0.05) is 0 Å². The molecule has 5 rings (SSSR count). The van der Waals surface area contributed by atoms with E-state index in [2.05, 4.69) is 20.4 Å². The highest BCUT2D eigenvalue weighted by Crippen LogP contribution is 2.37. The molecule has 9 nitrogen and oxygen atoms in total. The van der Waals surface area contributed by atoms with Gasteiger partial charge in [0.15, 0.2) is 0 Å². The number of anilines is 3. The van der Waals surface area contributed by atoms with Crippen LogP contribution in [-0.4, -0.2) is 58.6 Å². The molecule has 2 fully saturated rings. The van der Waals surface area contributed by atoms with E-state index in [4.69, 9.17) is 9.47 Å². The highest BCUT2D eigenvalue weighted by atomic mass is 19.4. The molecule has 3 aromatic rings. The number of ether oxygens (including phenoxy) is 2. The largest absolute Gasteiger partial charge is 0.419 e. The first-order chi connectivity index (χ1) is 17.4. The van der Waals surface area contributed by atoms with Gasteiger partial charge in [0.2, 0.25) is 11.9 Å². The topological polar surface area (TPSA) is 94.4 Å². The van der Waals surface area contributed by atoms with Crippen LogP contribution in [0.4, 0.5) is 30.5 Å². The quantitative estimate of drug-likeness (QED) is 0.559. The number of alkyl halides is 3. The molecule has 1 N–H and O–H groups in total. The lowest BCUT2D eigenvalue weighted by Crippen LogP contribution is -2.31. The normalized spacial score (nSPS) is 17.8. The van der Waals surface area contributed by atoms with Gasteiger partial charge in [0.25, 0.3) is 0 Å². The Balaban J connectivity index is 1.38. The van der Waals surface area contributed by atoms with Gasteiger partial charge in [-0.25, -0.2) is 9.97 Å². The lowest BCUT2D eigenvalue weighted by molar-refractivity contribution is -0.137. The summed E-state index contributed by atoms with van der Waals surface area (Å²) in [4.78, 5) is 22.0. The van der Waals surface area contributed by atoms with E-state index in [0.717, 1.165) is 19.0 Å². The summed E-state index contributed by atoms with van der Waals surface area (Å²) in [6.45, 7) is 2.50. The number of aromatic nitrogens is 4. The maximum atomic E-state index is 13.8. The molecule has 12 heteroatoms. The predicted octanol–water partition coefficient (Wildman–Crippen LogP) is 4.21. The summed E-state index contributed by atoms with van der Waals surface area (Å²) in [5, 5.41) is 7.25. The summed E-state index contributed by atoms with van der Waals surface area (Å²) < 4.78 is 53.6. The van der Waals surface area contributed by atoms with Gasteiger partial charge in [-0.05, 0) is 37.1 Å². The van der Waals surface area contributed by atoms with Crippen molar-refractivity contribution in [3.05, 3.63) is 48.4 Å². The summed E-state index contributed by atoms with van der Waals surface area (Å²) in [5.74, 6) is -0.00552. The van der Waals surface area contributed by atoms with Gasteiger partial charge in [0.05, 0.1) is 37.6 Å². The van der Waals surface area contributed by atoms with E-state index >= 15 is 0 Å². The number of halogens is 3. The van der Waals surface area contributed by atoms with Crippen molar-refractivity contribution in [3.8, 4) is 11.3 Å². The molecule has 1 amide bonds. The number of hydrogen-bond donors (Lipinski definition) is 1. The number of carbonyl (C=O) groups is 1. The third-order valence-electron chi connectivity index (χ3n) is 6.19. The highest BCUT2D eigenvalue weighted by molar-refractivity contribution is 5.93. The molecule has 0 radical (unpaired) electrons. The fraction of sp³-hybridized carbons (Fsp3) is 0.417. The summed E-state index contributed by atoms with van der Waals surface area (Å²) in [7, 11) is 0. The maximum absolute atomic E-state index is 13.8. The monoisotopic (exact) mass is 502 g/mol. The van der Waals surface area contributed by atoms with Crippen molar-refractivity contribution in [1.29, 1.82) is 0 Å². The Labute approximate surface area is 205 Å². The number of hydrogen-bond acceptors (Lipinski definition) is 7. The molecule has 0 aliphatic carbocycles. The molecule has 0 spiro atoms. The minimum absolute atomic E-state index is 0.0174. The summed E-state index contributed by atoms with van der Waals surface area (Å²) >= 11 is 0. The van der Waals surface area contributed by atoms with Gasteiger partial charge in [-0.2, -0.15) is 18.3 Å². The third kappa shape index (κ3) is 5.34. The molecule has 0 unspecified atom stereocenters. The van der Waals surface area contributed by atoms with Gasteiger partial charge >= 0.3 is 6.18 Å². The van der Waals surface area contributed by atoms with Crippen LogP contribution in [0.1, 0.15) is 30.9 Å². The van der Waals surface area contributed by atoms with Gasteiger partial charge in [0, 0.05) is 49.1 Å². The molecule has 190 valence electrons. The zero-order chi connectivity index (χ0) is 25.1. The van der Waals surface area contributed by atoms with Crippen LogP contribution in [0.25, 0.3) is 11.3 Å². The SMILES string of the molecule is O=C1CCOCCN1c1ccc(Nc2ncc(C(F)(F)F)c(-c3cnn(C4CCOCC4)c3)n2)cc1. The molecule has 36 heavy (non-hydrogen) atoms. The molecule has 0 bridgehead atoms. The van der Waals surface area contributed by atoms with Crippen molar-refractivity contribution in [1.82, 2.24) is 19.7 Å². The van der Waals surface area contributed by atoms with Crippen LogP contribution in [0.5, 0.6) is 0 Å². The number of carbonyl (C=O) groups excluding carboxylic acids is 1. The van der Waals surface area contributed by atoms with E-state index in [9.17, 15) is 18.0 Å². The molecule has 4 heterocycles. The molecular weight excluding hydrogens is 477 g/mol. The van der Waals surface area contributed by atoms with E-state index < -0.39 is 11.7 Å². The van der Waals surface area contributed by atoms with Crippen LogP contribution < -0.4 is 10.2 Å². The van der Waals surface area contributed by atoms with Gasteiger partial charge in [-0.15, -0.1) is 0 Å². The van der Waals surface area contributed by atoms with Crippen molar-refractivity contribution >= 4 is 23.2 Å². The van der Waals surface area contributed by atoms with Crippen molar-refractivity contribution < 1.29 is 27.4 Å². The Morgan fingerprint density at radius 2 is 1.75 bits per heavy atom. The first-order valence-electron chi connectivity index (χ1n) is 11.7. The van der Waals surface area contributed by atoms with Crippen LogP contribution in [0.15, 0.2) is 42.9 Å². The summed E-state index contributed by atoms with van der Waals surface area (Å²) in [5.41, 5.74) is 0.366. The minimum Gasteiger partial charge on any atom is -0.381 e. The Kier molecular flexibility index (Phi) is 6.88. The van der Waals surface area contributed by atoms with Crippen LogP contribution in [0.3, 0.4) is 0 Å². The van der Waals surface area contributed by atoms with Gasteiger partial charge < -0.3 is 19.7 Å². The lowest BCUT2D eigenvalue weighted by Gasteiger charge is -2.22. The van der Waals surface area contributed by atoms with Crippen molar-refractivity contribution in [2.45, 2.75) is 31.5 Å². The van der Waals surface area contributed by atoms with Crippen molar-refractivity contribution in [2.24, 2.45) is 0 Å². The molecule has 1 aromatic carbocycles. The second kappa shape index (κ2) is 10.2. The standard InChI is InChI=1S/C24H25F3N6O3/c25-24(26,27)20-14-28-23(31-22(20)16-13-29-33(15-16)19-5-9-35-10-6-19)30-17-1-3-18(4-2-17)32-8-12-36-11-7-21(32)34/h1-4,13-15,19H,5-12H2,(H,28,30,31). The number of amides is 1. The third-order valence-corrected chi connectivity index (χ3v) is 6.19. The first-order valence-corrected chi connectivity index (χ1v) is 11.7. The van der Waals surface area contributed by atoms with E-state index in [1.807, 2.05) is 0 Å². The second-order valence-electron chi connectivity index (χ2n) is 8.59. The average Bonchev–Trinajstić information content (AvgIpc) is 3.27. The molecule has 2 aliphatic heterocycles. The fourth-order valence-electron chi connectivity index (χ4n) is 4.28. The van der Waals surface area contributed by atoms with E-state index in [-0.39, 0.29) is 29.2 Å². The molecule has 0 saturated carbocycles. The van der Waals surface area contributed by atoms with Crippen molar-refractivity contribution in [2.75, 3.05) is 43.2 Å². The Morgan fingerprint density at radius 1 is 1.00 bits per heavy atom. The fourth-order valence-corrected chi connectivity index (χ4v) is 4.28. The highest BCUT2D eigenvalue weighted by Gasteiger charge is 2.36. The van der Waals surface area contributed by atoms with Crippen LogP contribution >= 0.6 is 0 Å². The molecule has 2 saturated heterocycles. The Bertz CT molecular complexity index is 1210. The van der Waals surface area contributed by atoms with Gasteiger partial charge in [-0.3, -0.25) is 9.48 Å². The molecule has 2 aliphatic rings. The van der Waals surface area contributed by atoms with Crippen molar-refractivity contribution in [3.63, 3.8) is 0 Å². The predicted molar refractivity (Wildman–Crippen MR) is 125 cm³/mol. The Hall–Kier alpha value is -3.51.